The van der Waals surface area contributed by atoms with Gasteiger partial charge in [-0.25, -0.2) is 4.98 Å². The Morgan fingerprint density at radius 3 is 2.95 bits per heavy atom. The highest BCUT2D eigenvalue weighted by molar-refractivity contribution is 5.52. The number of hydrogen-bond acceptors (Lipinski definition) is 3. The summed E-state index contributed by atoms with van der Waals surface area (Å²) in [7, 11) is 0. The van der Waals surface area contributed by atoms with Crippen molar-refractivity contribution in [3.8, 4) is 5.75 Å². The molecule has 0 amide bonds. The zero-order valence-corrected chi connectivity index (χ0v) is 10.7. The third-order valence-electron chi connectivity index (χ3n) is 3.00. The van der Waals surface area contributed by atoms with Gasteiger partial charge < -0.3 is 14.9 Å². The first kappa shape index (κ1) is 11.6. The molecular formula is C15H15N3O. The summed E-state index contributed by atoms with van der Waals surface area (Å²) in [5, 5.41) is 0. The third-order valence-corrected chi connectivity index (χ3v) is 3.00. The van der Waals surface area contributed by atoms with E-state index in [0.717, 1.165) is 22.7 Å². The summed E-state index contributed by atoms with van der Waals surface area (Å²) in [6.45, 7) is 2.48. The maximum Gasteiger partial charge on any atom is 0.139 e. The number of rotatable bonds is 3. The van der Waals surface area contributed by atoms with E-state index < -0.39 is 0 Å². The number of imidazole rings is 1. The molecule has 0 aliphatic carbocycles. The molecule has 2 aromatic heterocycles. The molecule has 0 saturated heterocycles. The lowest BCUT2D eigenvalue weighted by Gasteiger charge is -2.06. The van der Waals surface area contributed by atoms with E-state index in [4.69, 9.17) is 10.5 Å². The lowest BCUT2D eigenvalue weighted by atomic mass is 10.2. The number of anilines is 1. The Hall–Kier alpha value is -2.49. The van der Waals surface area contributed by atoms with Gasteiger partial charge in [-0.05, 0) is 24.6 Å². The molecule has 2 heterocycles. The number of fused-ring (bicyclic) bond motifs is 1. The minimum atomic E-state index is 0.451. The van der Waals surface area contributed by atoms with Gasteiger partial charge in [0.1, 0.15) is 18.0 Å². The Morgan fingerprint density at radius 1 is 1.26 bits per heavy atom. The van der Waals surface area contributed by atoms with Crippen LogP contribution in [0.4, 0.5) is 5.69 Å². The highest BCUT2D eigenvalue weighted by Gasteiger charge is 2.04. The van der Waals surface area contributed by atoms with Gasteiger partial charge in [-0.1, -0.05) is 18.2 Å². The molecule has 0 unspecified atom stereocenters. The van der Waals surface area contributed by atoms with E-state index in [2.05, 4.69) is 4.98 Å². The van der Waals surface area contributed by atoms with Crippen LogP contribution in [0.2, 0.25) is 0 Å². The van der Waals surface area contributed by atoms with Crippen LogP contribution in [0.25, 0.3) is 5.65 Å². The molecule has 4 heteroatoms. The van der Waals surface area contributed by atoms with E-state index in [-0.39, 0.29) is 0 Å². The molecule has 3 aromatic rings. The minimum absolute atomic E-state index is 0.451. The number of para-hydroxylation sites is 1. The van der Waals surface area contributed by atoms with E-state index in [0.29, 0.717) is 12.3 Å². The summed E-state index contributed by atoms with van der Waals surface area (Å²) < 4.78 is 7.71. The molecule has 19 heavy (non-hydrogen) atoms. The standard InChI is InChI=1S/C15H15N3O/c1-11-4-2-3-5-14(11)19-10-13-9-18-7-6-12(16)8-15(18)17-13/h2-9H,10,16H2,1H3. The lowest BCUT2D eigenvalue weighted by Crippen LogP contribution is -1.96. The van der Waals surface area contributed by atoms with Crippen LogP contribution in [0, 0.1) is 6.92 Å². The van der Waals surface area contributed by atoms with Gasteiger partial charge in [-0.2, -0.15) is 0 Å². The highest BCUT2D eigenvalue weighted by Crippen LogP contribution is 2.18. The molecule has 2 N–H and O–H groups in total. The molecule has 0 fully saturated rings. The summed E-state index contributed by atoms with van der Waals surface area (Å²) in [6, 6.07) is 11.6. The average Bonchev–Trinajstić information content (AvgIpc) is 2.79. The maximum absolute atomic E-state index is 5.78. The fraction of sp³-hybridized carbons (Fsp3) is 0.133. The van der Waals surface area contributed by atoms with Crippen molar-refractivity contribution in [2.24, 2.45) is 0 Å². The average molecular weight is 253 g/mol. The maximum atomic E-state index is 5.78. The third kappa shape index (κ3) is 2.38. The molecule has 0 radical (unpaired) electrons. The summed E-state index contributed by atoms with van der Waals surface area (Å²) >= 11 is 0. The molecule has 1 aromatic carbocycles. The van der Waals surface area contributed by atoms with Crippen molar-refractivity contribution in [3.05, 3.63) is 60.0 Å². The quantitative estimate of drug-likeness (QED) is 0.781. The van der Waals surface area contributed by atoms with Crippen LogP contribution >= 0.6 is 0 Å². The van der Waals surface area contributed by atoms with Gasteiger partial charge in [-0.3, -0.25) is 0 Å². The Balaban J connectivity index is 1.80. The second-order valence-corrected chi connectivity index (χ2v) is 4.51. The van der Waals surface area contributed by atoms with Crippen LogP contribution in [-0.4, -0.2) is 9.38 Å². The predicted octanol–water partition coefficient (Wildman–Crippen LogP) is 2.80. The van der Waals surface area contributed by atoms with Gasteiger partial charge in [-0.15, -0.1) is 0 Å². The smallest absolute Gasteiger partial charge is 0.139 e. The van der Waals surface area contributed by atoms with Crippen molar-refractivity contribution in [3.63, 3.8) is 0 Å². The second kappa shape index (κ2) is 4.65. The summed E-state index contributed by atoms with van der Waals surface area (Å²) in [6.07, 6.45) is 3.85. The first-order chi connectivity index (χ1) is 9.22. The van der Waals surface area contributed by atoms with Crippen LogP contribution in [0.5, 0.6) is 5.75 Å². The molecule has 0 aliphatic heterocycles. The summed E-state index contributed by atoms with van der Waals surface area (Å²) in [5.41, 5.74) is 9.29. The van der Waals surface area contributed by atoms with Gasteiger partial charge >= 0.3 is 0 Å². The zero-order chi connectivity index (χ0) is 13.2. The van der Waals surface area contributed by atoms with E-state index in [1.165, 1.54) is 0 Å². The number of benzene rings is 1. The number of nitrogens with zero attached hydrogens (tertiary/aromatic N) is 2. The summed E-state index contributed by atoms with van der Waals surface area (Å²) in [4.78, 5) is 4.48. The number of aromatic nitrogens is 2. The first-order valence-corrected chi connectivity index (χ1v) is 6.14. The monoisotopic (exact) mass is 253 g/mol. The van der Waals surface area contributed by atoms with Gasteiger partial charge in [0.25, 0.3) is 0 Å². The van der Waals surface area contributed by atoms with Crippen molar-refractivity contribution < 1.29 is 4.74 Å². The van der Waals surface area contributed by atoms with E-state index >= 15 is 0 Å². The van der Waals surface area contributed by atoms with Gasteiger partial charge in [0, 0.05) is 24.1 Å². The lowest BCUT2D eigenvalue weighted by molar-refractivity contribution is 0.300. The van der Waals surface area contributed by atoms with Gasteiger partial charge in [0.05, 0.1) is 5.69 Å². The van der Waals surface area contributed by atoms with E-state index in [1.807, 2.05) is 60.1 Å². The molecule has 96 valence electrons. The second-order valence-electron chi connectivity index (χ2n) is 4.51. The minimum Gasteiger partial charge on any atom is -0.487 e. The Labute approximate surface area is 111 Å². The highest BCUT2D eigenvalue weighted by atomic mass is 16.5. The molecule has 0 saturated carbocycles. The fourth-order valence-corrected chi connectivity index (χ4v) is 1.99. The van der Waals surface area contributed by atoms with Gasteiger partial charge in [0.2, 0.25) is 0 Å². The van der Waals surface area contributed by atoms with E-state index in [9.17, 15) is 0 Å². The SMILES string of the molecule is Cc1ccccc1OCc1cn2ccc(N)cc2n1. The zero-order valence-electron chi connectivity index (χ0n) is 10.7. The number of pyridine rings is 1. The molecule has 4 nitrogen and oxygen atoms in total. The van der Waals surface area contributed by atoms with Crippen LogP contribution in [0.1, 0.15) is 11.3 Å². The fourth-order valence-electron chi connectivity index (χ4n) is 1.99. The molecule has 0 bridgehead atoms. The van der Waals surface area contributed by atoms with Crippen molar-refractivity contribution in [1.82, 2.24) is 9.38 Å². The van der Waals surface area contributed by atoms with Crippen molar-refractivity contribution >= 4 is 11.3 Å². The number of hydrogen-bond donors (Lipinski definition) is 1. The van der Waals surface area contributed by atoms with Crippen molar-refractivity contribution in [2.75, 3.05) is 5.73 Å². The van der Waals surface area contributed by atoms with Crippen molar-refractivity contribution in [2.45, 2.75) is 13.5 Å². The molecule has 0 aliphatic rings. The Kier molecular flexibility index (Phi) is 2.83. The Morgan fingerprint density at radius 2 is 2.11 bits per heavy atom. The number of ether oxygens (including phenoxy) is 1. The largest absolute Gasteiger partial charge is 0.487 e. The first-order valence-electron chi connectivity index (χ1n) is 6.14. The van der Waals surface area contributed by atoms with Crippen LogP contribution in [0.15, 0.2) is 48.8 Å². The van der Waals surface area contributed by atoms with Crippen LogP contribution in [-0.2, 0) is 6.61 Å². The van der Waals surface area contributed by atoms with Gasteiger partial charge in [0.15, 0.2) is 0 Å². The normalized spacial score (nSPS) is 10.8. The van der Waals surface area contributed by atoms with Crippen LogP contribution in [0.3, 0.4) is 0 Å². The number of nitrogen functional groups attached to an aromatic ring is 1. The molecular weight excluding hydrogens is 238 g/mol. The molecule has 0 spiro atoms. The predicted molar refractivity (Wildman–Crippen MR) is 75.1 cm³/mol. The Bertz CT molecular complexity index is 718. The molecule has 0 atom stereocenters. The number of aryl methyl sites for hydroxylation is 1. The summed E-state index contributed by atoms with van der Waals surface area (Å²) in [5.74, 6) is 0.888. The van der Waals surface area contributed by atoms with Crippen molar-refractivity contribution in [1.29, 1.82) is 0 Å². The molecule has 3 rings (SSSR count). The number of nitrogens with two attached hydrogens (primary N) is 1. The van der Waals surface area contributed by atoms with Crippen LogP contribution < -0.4 is 10.5 Å². The topological polar surface area (TPSA) is 52.5 Å². The van der Waals surface area contributed by atoms with E-state index in [1.54, 1.807) is 0 Å².